The molecular weight excluding hydrogens is 717 g/mol. The third-order valence-corrected chi connectivity index (χ3v) is 11.4. The molecule has 0 radical (unpaired) electrons. The van der Waals surface area contributed by atoms with Gasteiger partial charge in [-0.05, 0) is 35.4 Å². The Labute approximate surface area is 328 Å². The molecule has 12 nitrogen and oxygen atoms in total. The van der Waals surface area contributed by atoms with Gasteiger partial charge < -0.3 is 31.5 Å². The largest absolute Gasteiger partial charge is 0.345 e. The number of likely N-dealkylation sites (N-methyl/N-ethyl adjacent to an activating group) is 1. The first kappa shape index (κ1) is 42.6. The molecule has 3 aromatic rings. The van der Waals surface area contributed by atoms with Crippen LogP contribution in [0.2, 0.25) is 0 Å². The van der Waals surface area contributed by atoms with Crippen molar-refractivity contribution in [2.75, 3.05) is 32.4 Å². The maximum absolute atomic E-state index is 14.0. The van der Waals surface area contributed by atoms with E-state index in [2.05, 4.69) is 33.5 Å². The Balaban J connectivity index is 1.70. The lowest BCUT2D eigenvalue weighted by Crippen LogP contribution is -2.57. The van der Waals surface area contributed by atoms with Crippen LogP contribution in [0.4, 0.5) is 0 Å². The lowest BCUT2D eigenvalue weighted by Gasteiger charge is -2.36. The molecule has 6 amide bonds. The minimum atomic E-state index is -1.14. The van der Waals surface area contributed by atoms with Crippen LogP contribution in [0, 0.1) is 5.92 Å². The van der Waals surface area contributed by atoms with Crippen LogP contribution in [0.25, 0.3) is 0 Å². The summed E-state index contributed by atoms with van der Waals surface area (Å²) in [5, 5.41) is 13.4. The molecular formula is C42H54N6O6S. The number of carbonyl (C=O) groups is 6. The molecule has 1 aliphatic rings. The zero-order chi connectivity index (χ0) is 39.8. The van der Waals surface area contributed by atoms with E-state index in [0.29, 0.717) is 6.42 Å². The van der Waals surface area contributed by atoms with Gasteiger partial charge in [-0.3, -0.25) is 28.8 Å². The average molecular weight is 771 g/mol. The number of thioether (sulfide) groups is 1. The van der Waals surface area contributed by atoms with E-state index in [1.54, 1.807) is 6.92 Å². The minimum absolute atomic E-state index is 0.0721. The summed E-state index contributed by atoms with van der Waals surface area (Å²) >= 11 is 1.46. The Morgan fingerprint density at radius 1 is 0.673 bits per heavy atom. The van der Waals surface area contributed by atoms with Crippen LogP contribution in [-0.2, 0) is 33.5 Å². The van der Waals surface area contributed by atoms with Gasteiger partial charge in [0.25, 0.3) is 0 Å². The molecule has 0 unspecified atom stereocenters. The number of nitrogens with zero attached hydrogens (tertiary/aromatic N) is 1. The molecule has 55 heavy (non-hydrogen) atoms. The Morgan fingerprint density at radius 3 is 1.64 bits per heavy atom. The maximum Gasteiger partial charge on any atom is 0.245 e. The summed E-state index contributed by atoms with van der Waals surface area (Å²) in [6.45, 7) is 4.39. The molecule has 3 aromatic carbocycles. The highest BCUT2D eigenvalue weighted by atomic mass is 32.2. The molecule has 1 saturated heterocycles. The summed E-state index contributed by atoms with van der Waals surface area (Å²) in [4.78, 5) is 81.9. The van der Waals surface area contributed by atoms with Crippen LogP contribution < -0.4 is 26.6 Å². The smallest absolute Gasteiger partial charge is 0.245 e. The summed E-state index contributed by atoms with van der Waals surface area (Å²) in [7, 11) is 1.48. The second-order valence-corrected chi connectivity index (χ2v) is 15.1. The molecule has 0 bridgehead atoms. The molecule has 1 heterocycles. The van der Waals surface area contributed by atoms with Crippen molar-refractivity contribution in [1.29, 1.82) is 0 Å². The number of amides is 6. The first-order chi connectivity index (χ1) is 26.5. The van der Waals surface area contributed by atoms with E-state index in [1.165, 1.54) is 23.7 Å². The second kappa shape index (κ2) is 21.1. The van der Waals surface area contributed by atoms with Crippen molar-refractivity contribution in [2.24, 2.45) is 5.92 Å². The van der Waals surface area contributed by atoms with Gasteiger partial charge in [-0.15, -0.1) is 11.8 Å². The summed E-state index contributed by atoms with van der Waals surface area (Å²) in [6.07, 6.45) is 3.67. The zero-order valence-electron chi connectivity index (χ0n) is 32.1. The van der Waals surface area contributed by atoms with Gasteiger partial charge in [-0.25, -0.2) is 0 Å². The van der Waals surface area contributed by atoms with Crippen molar-refractivity contribution in [2.45, 2.75) is 75.7 Å². The fraction of sp³-hybridized carbons (Fsp3) is 0.429. The summed E-state index contributed by atoms with van der Waals surface area (Å²) in [5.74, 6) is -3.62. The van der Waals surface area contributed by atoms with Gasteiger partial charge in [0, 0.05) is 12.8 Å². The normalized spacial score (nSPS) is 20.2. The molecule has 0 spiro atoms. The molecule has 13 heteroatoms. The highest BCUT2D eigenvalue weighted by Crippen LogP contribution is 2.48. The van der Waals surface area contributed by atoms with Gasteiger partial charge >= 0.3 is 0 Å². The van der Waals surface area contributed by atoms with E-state index in [1.807, 2.05) is 97.9 Å². The SMILES string of the molecule is CCCCC[C@H](C)[C@@H]1NC(=O)CNC(=O)[C@H](CC)NC(=O)CNC(=O)[C@H](CSC(c2ccccc2)(c2ccccc2)c2ccccc2)NC(=O)CN(C)C1=O. The van der Waals surface area contributed by atoms with Gasteiger partial charge in [0.05, 0.1) is 24.4 Å². The van der Waals surface area contributed by atoms with Gasteiger partial charge in [0.15, 0.2) is 0 Å². The number of rotatable bonds is 12. The molecule has 0 saturated carbocycles. The fourth-order valence-electron chi connectivity index (χ4n) is 6.66. The lowest BCUT2D eigenvalue weighted by molar-refractivity contribution is -0.140. The first-order valence-electron chi connectivity index (χ1n) is 19.0. The molecule has 1 aliphatic heterocycles. The molecule has 1 fully saturated rings. The van der Waals surface area contributed by atoms with E-state index >= 15 is 0 Å². The summed E-state index contributed by atoms with van der Waals surface area (Å²) in [6, 6.07) is 26.6. The van der Waals surface area contributed by atoms with Crippen LogP contribution in [0.15, 0.2) is 91.0 Å². The van der Waals surface area contributed by atoms with Gasteiger partial charge in [0.1, 0.15) is 18.1 Å². The third-order valence-electron chi connectivity index (χ3n) is 9.74. The molecule has 0 aromatic heterocycles. The van der Waals surface area contributed by atoms with Gasteiger partial charge in [0.2, 0.25) is 35.4 Å². The predicted octanol–water partition coefficient (Wildman–Crippen LogP) is 3.50. The van der Waals surface area contributed by atoms with Crippen LogP contribution in [0.5, 0.6) is 0 Å². The zero-order valence-corrected chi connectivity index (χ0v) is 33.0. The predicted molar refractivity (Wildman–Crippen MR) is 215 cm³/mol. The van der Waals surface area contributed by atoms with E-state index in [4.69, 9.17) is 0 Å². The fourth-order valence-corrected chi connectivity index (χ4v) is 8.22. The number of hydrogen-bond acceptors (Lipinski definition) is 7. The van der Waals surface area contributed by atoms with E-state index in [-0.39, 0.29) is 18.1 Å². The summed E-state index contributed by atoms with van der Waals surface area (Å²) in [5.41, 5.74) is 2.87. The number of nitrogens with one attached hydrogen (secondary N) is 5. The molecule has 5 N–H and O–H groups in total. The quantitative estimate of drug-likeness (QED) is 0.139. The number of benzene rings is 3. The molecule has 4 atom stereocenters. The lowest BCUT2D eigenvalue weighted by atomic mass is 9.84. The van der Waals surface area contributed by atoms with E-state index in [9.17, 15) is 28.8 Å². The van der Waals surface area contributed by atoms with Crippen molar-refractivity contribution < 1.29 is 28.8 Å². The Bertz CT molecular complexity index is 1650. The van der Waals surface area contributed by atoms with Crippen LogP contribution in [0.1, 0.15) is 69.6 Å². The Kier molecular flexibility index (Phi) is 16.3. The third kappa shape index (κ3) is 11.7. The molecule has 0 aliphatic carbocycles. The van der Waals surface area contributed by atoms with Gasteiger partial charge in [-0.2, -0.15) is 0 Å². The van der Waals surface area contributed by atoms with Crippen LogP contribution in [-0.4, -0.2) is 90.9 Å². The van der Waals surface area contributed by atoms with Crippen molar-refractivity contribution >= 4 is 47.2 Å². The maximum atomic E-state index is 14.0. The second-order valence-electron chi connectivity index (χ2n) is 13.9. The number of unbranched alkanes of at least 4 members (excludes halogenated alkanes) is 2. The Hall–Kier alpha value is -5.17. The van der Waals surface area contributed by atoms with E-state index < -0.39 is 77.9 Å². The van der Waals surface area contributed by atoms with Crippen molar-refractivity contribution in [1.82, 2.24) is 31.5 Å². The number of hydrogen-bond donors (Lipinski definition) is 5. The monoisotopic (exact) mass is 770 g/mol. The molecule has 4 rings (SSSR count). The first-order valence-corrected chi connectivity index (χ1v) is 20.0. The number of carbonyl (C=O) groups excluding carboxylic acids is 6. The van der Waals surface area contributed by atoms with Gasteiger partial charge in [-0.1, -0.05) is 131 Å². The topological polar surface area (TPSA) is 166 Å². The average Bonchev–Trinajstić information content (AvgIpc) is 3.20. The minimum Gasteiger partial charge on any atom is -0.345 e. The highest BCUT2D eigenvalue weighted by Gasteiger charge is 2.39. The van der Waals surface area contributed by atoms with E-state index in [0.717, 1.165) is 36.0 Å². The van der Waals surface area contributed by atoms with Crippen molar-refractivity contribution in [3.63, 3.8) is 0 Å². The van der Waals surface area contributed by atoms with Crippen molar-refractivity contribution in [3.05, 3.63) is 108 Å². The van der Waals surface area contributed by atoms with Crippen LogP contribution in [0.3, 0.4) is 0 Å². The van der Waals surface area contributed by atoms with Crippen LogP contribution >= 0.6 is 11.8 Å². The standard InChI is InChI=1S/C42H54N6O6S/c1-5-7-11-18-29(3)38-41(54)48(4)27-37(51)46-34(40(53)44-25-35(49)45-33(6-2)39(52)43-26-36(50)47-38)28-55-42(30-19-12-8-13-20-30,31-21-14-9-15-22-31)32-23-16-10-17-24-32/h8-10,12-17,19-24,29,33-34,38H,5-7,11,18,25-28H2,1-4H3,(H,43,52)(H,44,53)(H,45,49)(H,46,51)(H,47,50)/t29-,33-,34-,38-/m0/s1. The highest BCUT2D eigenvalue weighted by molar-refractivity contribution is 8.00. The van der Waals surface area contributed by atoms with Crippen molar-refractivity contribution in [3.8, 4) is 0 Å². The Morgan fingerprint density at radius 2 is 1.15 bits per heavy atom. The summed E-state index contributed by atoms with van der Waals surface area (Å²) < 4.78 is -0.814. The molecule has 294 valence electrons.